The van der Waals surface area contributed by atoms with E-state index in [1.54, 1.807) is 24.3 Å². The molecule has 9 heteroatoms. The van der Waals surface area contributed by atoms with E-state index in [-0.39, 0.29) is 23.5 Å². The van der Waals surface area contributed by atoms with E-state index in [2.05, 4.69) is 15.4 Å². The van der Waals surface area contributed by atoms with Gasteiger partial charge in [0.05, 0.1) is 0 Å². The molecule has 4 rings (SSSR count). The molecule has 2 fully saturated rings. The first kappa shape index (κ1) is 16.1. The highest BCUT2D eigenvalue weighted by molar-refractivity contribution is 7.89. The lowest BCUT2D eigenvalue weighted by molar-refractivity contribution is -0.125. The summed E-state index contributed by atoms with van der Waals surface area (Å²) in [5.41, 5.74) is -0.532. The minimum absolute atomic E-state index is 0.0487. The lowest BCUT2D eigenvalue weighted by Crippen LogP contribution is -2.53. The van der Waals surface area contributed by atoms with Gasteiger partial charge >= 0.3 is 6.03 Å². The molecule has 1 aliphatic heterocycles. The van der Waals surface area contributed by atoms with Gasteiger partial charge in [-0.25, -0.2) is 17.9 Å². The fourth-order valence-electron chi connectivity index (χ4n) is 3.69. The highest BCUT2D eigenvalue weighted by Gasteiger charge is 2.54. The van der Waals surface area contributed by atoms with Crippen molar-refractivity contribution in [3.05, 3.63) is 30.3 Å². The van der Waals surface area contributed by atoms with Crippen LogP contribution in [0.5, 0.6) is 0 Å². The average Bonchev–Trinajstić information content (AvgIpc) is 3.24. The van der Waals surface area contributed by atoms with E-state index in [0.29, 0.717) is 23.8 Å². The average molecular weight is 363 g/mol. The first-order valence-corrected chi connectivity index (χ1v) is 9.51. The molecule has 1 saturated carbocycles. The number of para-hydroxylation sites is 1. The molecule has 8 nitrogen and oxygen atoms in total. The molecule has 1 aliphatic carbocycles. The summed E-state index contributed by atoms with van der Waals surface area (Å²) in [7, 11) is -3.85. The standard InChI is InChI=1S/C16H17N3O5S/c20-14-16(19-15(21)18-14)7-3-5-11(16)9-17-25(22,23)13-8-10-4-1-2-6-12(10)24-13/h1-2,4,6,8,11,17H,3,5,7,9H2,(H2,18,19,20,21). The monoisotopic (exact) mass is 363 g/mol. The molecule has 0 radical (unpaired) electrons. The third-order valence-corrected chi connectivity index (χ3v) is 6.25. The van der Waals surface area contributed by atoms with Gasteiger partial charge in [-0.05, 0) is 18.9 Å². The fourth-order valence-corrected chi connectivity index (χ4v) is 4.74. The molecule has 1 spiro atoms. The number of sulfonamides is 1. The molecule has 1 aromatic carbocycles. The van der Waals surface area contributed by atoms with Crippen molar-refractivity contribution >= 4 is 32.9 Å². The highest BCUT2D eigenvalue weighted by atomic mass is 32.2. The predicted molar refractivity (Wildman–Crippen MR) is 88.1 cm³/mol. The summed E-state index contributed by atoms with van der Waals surface area (Å²) < 4.78 is 32.9. The molecule has 2 aromatic rings. The van der Waals surface area contributed by atoms with Crippen LogP contribution in [-0.2, 0) is 14.8 Å². The number of nitrogens with one attached hydrogen (secondary N) is 3. The van der Waals surface area contributed by atoms with Gasteiger partial charge in [-0.1, -0.05) is 24.6 Å². The largest absolute Gasteiger partial charge is 0.443 e. The Kier molecular flexibility index (Phi) is 3.58. The summed E-state index contributed by atoms with van der Waals surface area (Å²) in [5.74, 6) is -0.693. The van der Waals surface area contributed by atoms with Crippen molar-refractivity contribution in [2.24, 2.45) is 5.92 Å². The summed E-state index contributed by atoms with van der Waals surface area (Å²) in [6, 6.07) is 7.95. The second-order valence-corrected chi connectivity index (χ2v) is 8.12. The number of carbonyl (C=O) groups excluding carboxylic acids is 2. The third kappa shape index (κ3) is 2.59. The van der Waals surface area contributed by atoms with Gasteiger partial charge in [0.25, 0.3) is 15.9 Å². The maximum atomic E-state index is 12.5. The van der Waals surface area contributed by atoms with Gasteiger partial charge in [0.15, 0.2) is 0 Å². The van der Waals surface area contributed by atoms with Crippen LogP contribution in [0.25, 0.3) is 11.0 Å². The molecule has 132 valence electrons. The van der Waals surface area contributed by atoms with E-state index in [0.717, 1.165) is 6.42 Å². The Labute approximate surface area is 144 Å². The molecule has 2 heterocycles. The van der Waals surface area contributed by atoms with E-state index in [4.69, 9.17) is 4.42 Å². The molecule has 25 heavy (non-hydrogen) atoms. The van der Waals surface area contributed by atoms with E-state index < -0.39 is 21.6 Å². The Bertz CT molecular complexity index is 934. The van der Waals surface area contributed by atoms with Crippen molar-refractivity contribution in [1.82, 2.24) is 15.4 Å². The van der Waals surface area contributed by atoms with Gasteiger partial charge < -0.3 is 9.73 Å². The number of hydrogen-bond acceptors (Lipinski definition) is 5. The SMILES string of the molecule is O=C1NC(=O)C2(CCCC2CNS(=O)(=O)c2cc3ccccc3o2)N1. The van der Waals surface area contributed by atoms with Crippen LogP contribution in [0.3, 0.4) is 0 Å². The minimum atomic E-state index is -3.85. The Hall–Kier alpha value is -2.39. The highest BCUT2D eigenvalue weighted by Crippen LogP contribution is 2.37. The molecule has 0 bridgehead atoms. The number of hydrogen-bond donors (Lipinski definition) is 3. The number of fused-ring (bicyclic) bond motifs is 1. The van der Waals surface area contributed by atoms with E-state index in [1.807, 2.05) is 0 Å². The number of amides is 3. The molecule has 2 aliphatic rings. The van der Waals surface area contributed by atoms with Crippen molar-refractivity contribution in [1.29, 1.82) is 0 Å². The molecule has 3 N–H and O–H groups in total. The zero-order chi connectivity index (χ0) is 17.7. The van der Waals surface area contributed by atoms with Gasteiger partial charge in [-0.3, -0.25) is 10.1 Å². The first-order valence-electron chi connectivity index (χ1n) is 8.03. The van der Waals surface area contributed by atoms with Crippen molar-refractivity contribution in [2.45, 2.75) is 29.9 Å². The third-order valence-electron chi connectivity index (χ3n) is 4.98. The molecule has 2 atom stereocenters. The molecule has 2 unspecified atom stereocenters. The summed E-state index contributed by atoms with van der Waals surface area (Å²) in [6.45, 7) is 0.0487. The number of benzene rings is 1. The van der Waals surface area contributed by atoms with E-state index in [1.165, 1.54) is 6.07 Å². The maximum absolute atomic E-state index is 12.5. The maximum Gasteiger partial charge on any atom is 0.322 e. The fraction of sp³-hybridized carbons (Fsp3) is 0.375. The predicted octanol–water partition coefficient (Wildman–Crippen LogP) is 1.09. The van der Waals surface area contributed by atoms with Gasteiger partial charge in [-0.15, -0.1) is 0 Å². The number of rotatable bonds is 4. The Morgan fingerprint density at radius 2 is 2.08 bits per heavy atom. The van der Waals surface area contributed by atoms with E-state index >= 15 is 0 Å². The first-order chi connectivity index (χ1) is 11.9. The van der Waals surface area contributed by atoms with Crippen molar-refractivity contribution in [3.63, 3.8) is 0 Å². The van der Waals surface area contributed by atoms with Crippen LogP contribution in [0, 0.1) is 5.92 Å². The Morgan fingerprint density at radius 1 is 1.28 bits per heavy atom. The topological polar surface area (TPSA) is 118 Å². The Balaban J connectivity index is 1.54. The molecular formula is C16H17N3O5S. The van der Waals surface area contributed by atoms with E-state index in [9.17, 15) is 18.0 Å². The number of imide groups is 1. The summed E-state index contributed by atoms with van der Waals surface area (Å²) in [5, 5.41) is 5.44. The number of urea groups is 1. The number of carbonyl (C=O) groups is 2. The zero-order valence-corrected chi connectivity index (χ0v) is 14.1. The Morgan fingerprint density at radius 3 is 2.80 bits per heavy atom. The van der Waals surface area contributed by atoms with Gasteiger partial charge in [-0.2, -0.15) is 0 Å². The lowest BCUT2D eigenvalue weighted by Gasteiger charge is -2.27. The van der Waals surface area contributed by atoms with Crippen LogP contribution in [0.1, 0.15) is 19.3 Å². The van der Waals surface area contributed by atoms with Crippen molar-refractivity contribution in [2.75, 3.05) is 6.54 Å². The molecule has 1 saturated heterocycles. The van der Waals surface area contributed by atoms with Crippen LogP contribution < -0.4 is 15.4 Å². The van der Waals surface area contributed by atoms with Crippen LogP contribution >= 0.6 is 0 Å². The summed E-state index contributed by atoms with van der Waals surface area (Å²) in [4.78, 5) is 23.6. The van der Waals surface area contributed by atoms with Crippen LogP contribution in [0.4, 0.5) is 4.79 Å². The molecule has 1 aromatic heterocycles. The minimum Gasteiger partial charge on any atom is -0.443 e. The van der Waals surface area contributed by atoms with Crippen LogP contribution in [-0.4, -0.2) is 32.4 Å². The molecule has 3 amide bonds. The normalized spacial score (nSPS) is 26.3. The summed E-state index contributed by atoms with van der Waals surface area (Å²) in [6.07, 6.45) is 1.89. The smallest absolute Gasteiger partial charge is 0.322 e. The van der Waals surface area contributed by atoms with Crippen molar-refractivity contribution < 1.29 is 22.4 Å². The lowest BCUT2D eigenvalue weighted by atomic mass is 9.87. The zero-order valence-electron chi connectivity index (χ0n) is 13.2. The summed E-state index contributed by atoms with van der Waals surface area (Å²) >= 11 is 0. The van der Waals surface area contributed by atoms with Gasteiger partial charge in [0.1, 0.15) is 11.1 Å². The van der Waals surface area contributed by atoms with Crippen LogP contribution in [0.15, 0.2) is 39.8 Å². The van der Waals surface area contributed by atoms with Crippen molar-refractivity contribution in [3.8, 4) is 0 Å². The second-order valence-electron chi connectivity index (χ2n) is 6.42. The second kappa shape index (κ2) is 5.57. The quantitative estimate of drug-likeness (QED) is 0.703. The molecular weight excluding hydrogens is 346 g/mol. The van der Waals surface area contributed by atoms with Crippen LogP contribution in [0.2, 0.25) is 0 Å². The van der Waals surface area contributed by atoms with Gasteiger partial charge in [0, 0.05) is 23.9 Å². The number of furan rings is 1. The van der Waals surface area contributed by atoms with Gasteiger partial charge in [0.2, 0.25) is 5.09 Å².